The van der Waals surface area contributed by atoms with Gasteiger partial charge in [-0.15, -0.1) is 24.0 Å². The lowest BCUT2D eigenvalue weighted by Crippen LogP contribution is -2.33. The summed E-state index contributed by atoms with van der Waals surface area (Å²) in [6.07, 6.45) is 1.65. The minimum atomic E-state index is 0. The van der Waals surface area contributed by atoms with E-state index in [1.807, 2.05) is 0 Å². The van der Waals surface area contributed by atoms with Gasteiger partial charge in [0.1, 0.15) is 0 Å². The maximum Gasteiger partial charge on any atom is 0.228 e. The number of guanidine groups is 1. The standard InChI is InChI=1S/C9H17N5O.HI/c1-3-5-11-9(10)12-6-4-8-13-7(2)14-15-8;/h3-6H2,1-2H3,(H3,10,11,12);1H. The topological polar surface area (TPSA) is 89.3 Å². The van der Waals surface area contributed by atoms with E-state index in [0.717, 1.165) is 13.0 Å². The van der Waals surface area contributed by atoms with Crippen LogP contribution in [-0.4, -0.2) is 29.2 Å². The van der Waals surface area contributed by atoms with Gasteiger partial charge in [0.15, 0.2) is 11.8 Å². The molecule has 0 saturated heterocycles. The lowest BCUT2D eigenvalue weighted by Gasteiger charge is -2.02. The van der Waals surface area contributed by atoms with Crippen LogP contribution in [0.5, 0.6) is 0 Å². The van der Waals surface area contributed by atoms with Crippen LogP contribution in [0.15, 0.2) is 9.52 Å². The second kappa shape index (κ2) is 8.31. The van der Waals surface area contributed by atoms with E-state index in [1.165, 1.54) is 0 Å². The van der Waals surface area contributed by atoms with Crippen LogP contribution in [0.2, 0.25) is 0 Å². The fourth-order valence-corrected chi connectivity index (χ4v) is 1.03. The van der Waals surface area contributed by atoms with Crippen molar-refractivity contribution in [2.24, 2.45) is 10.7 Å². The molecule has 0 spiro atoms. The Morgan fingerprint density at radius 1 is 1.56 bits per heavy atom. The molecular formula is C9H18IN5O. The Labute approximate surface area is 112 Å². The normalized spacial score (nSPS) is 11.0. The molecule has 0 unspecified atom stereocenters. The van der Waals surface area contributed by atoms with Crippen LogP contribution in [0.25, 0.3) is 0 Å². The molecule has 0 aliphatic heterocycles. The van der Waals surface area contributed by atoms with Gasteiger partial charge in [-0.3, -0.25) is 4.99 Å². The SMILES string of the molecule is CCCN=C(N)NCCc1nc(C)no1.I. The summed E-state index contributed by atoms with van der Waals surface area (Å²) in [4.78, 5) is 8.17. The molecule has 0 atom stereocenters. The molecule has 0 aliphatic rings. The van der Waals surface area contributed by atoms with E-state index in [9.17, 15) is 0 Å². The van der Waals surface area contributed by atoms with Crippen LogP contribution in [0.4, 0.5) is 0 Å². The summed E-state index contributed by atoms with van der Waals surface area (Å²) >= 11 is 0. The predicted molar refractivity (Wildman–Crippen MR) is 72.9 cm³/mol. The molecule has 6 nitrogen and oxygen atoms in total. The first-order valence-electron chi connectivity index (χ1n) is 5.05. The lowest BCUT2D eigenvalue weighted by atomic mass is 10.4. The van der Waals surface area contributed by atoms with Crippen molar-refractivity contribution < 1.29 is 4.52 Å². The number of halogens is 1. The number of aliphatic imine (C=N–C) groups is 1. The monoisotopic (exact) mass is 339 g/mol. The Morgan fingerprint density at radius 2 is 2.31 bits per heavy atom. The Morgan fingerprint density at radius 3 is 2.88 bits per heavy atom. The van der Waals surface area contributed by atoms with Crippen molar-refractivity contribution in [1.29, 1.82) is 0 Å². The summed E-state index contributed by atoms with van der Waals surface area (Å²) in [7, 11) is 0. The predicted octanol–water partition coefficient (Wildman–Crippen LogP) is 0.853. The van der Waals surface area contributed by atoms with E-state index in [-0.39, 0.29) is 24.0 Å². The quantitative estimate of drug-likeness (QED) is 0.472. The minimum absolute atomic E-state index is 0. The molecule has 1 rings (SSSR count). The van der Waals surface area contributed by atoms with E-state index < -0.39 is 0 Å². The molecule has 0 amide bonds. The molecule has 0 aliphatic carbocycles. The zero-order valence-corrected chi connectivity index (χ0v) is 11.9. The molecule has 3 N–H and O–H groups in total. The molecule has 7 heteroatoms. The average Bonchev–Trinajstić information content (AvgIpc) is 2.61. The summed E-state index contributed by atoms with van der Waals surface area (Å²) in [5, 5.41) is 6.66. The van der Waals surface area contributed by atoms with Gasteiger partial charge < -0.3 is 15.6 Å². The van der Waals surface area contributed by atoms with Gasteiger partial charge in [-0.05, 0) is 13.3 Å². The molecule has 0 aromatic carbocycles. The average molecular weight is 339 g/mol. The molecule has 0 radical (unpaired) electrons. The van der Waals surface area contributed by atoms with Gasteiger partial charge in [0.2, 0.25) is 5.89 Å². The van der Waals surface area contributed by atoms with Gasteiger partial charge in [-0.2, -0.15) is 4.98 Å². The smallest absolute Gasteiger partial charge is 0.228 e. The number of hydrogen-bond acceptors (Lipinski definition) is 4. The fourth-order valence-electron chi connectivity index (χ4n) is 1.03. The van der Waals surface area contributed by atoms with Gasteiger partial charge in [0.25, 0.3) is 0 Å². The third-order valence-electron chi connectivity index (χ3n) is 1.72. The van der Waals surface area contributed by atoms with Crippen LogP contribution in [-0.2, 0) is 6.42 Å². The molecule has 0 saturated carbocycles. The summed E-state index contributed by atoms with van der Waals surface area (Å²) in [6, 6.07) is 0. The first-order valence-corrected chi connectivity index (χ1v) is 5.05. The number of nitrogens with one attached hydrogen (secondary N) is 1. The molecule has 16 heavy (non-hydrogen) atoms. The van der Waals surface area contributed by atoms with Crippen molar-refractivity contribution >= 4 is 29.9 Å². The Balaban J connectivity index is 0.00000225. The van der Waals surface area contributed by atoms with Gasteiger partial charge in [-0.25, -0.2) is 0 Å². The van der Waals surface area contributed by atoms with Gasteiger partial charge in [0.05, 0.1) is 0 Å². The van der Waals surface area contributed by atoms with Crippen LogP contribution in [0.3, 0.4) is 0 Å². The summed E-state index contributed by atoms with van der Waals surface area (Å²) in [5.41, 5.74) is 5.60. The van der Waals surface area contributed by atoms with Crippen molar-refractivity contribution in [3.8, 4) is 0 Å². The number of aromatic nitrogens is 2. The maximum absolute atomic E-state index is 5.60. The van der Waals surface area contributed by atoms with Crippen molar-refractivity contribution in [3.05, 3.63) is 11.7 Å². The van der Waals surface area contributed by atoms with E-state index in [0.29, 0.717) is 30.6 Å². The third-order valence-corrected chi connectivity index (χ3v) is 1.72. The summed E-state index contributed by atoms with van der Waals surface area (Å²) in [6.45, 7) is 5.24. The first-order chi connectivity index (χ1) is 7.22. The highest BCUT2D eigenvalue weighted by Crippen LogP contribution is 1.95. The van der Waals surface area contributed by atoms with Crippen molar-refractivity contribution in [3.63, 3.8) is 0 Å². The van der Waals surface area contributed by atoms with E-state index in [4.69, 9.17) is 10.3 Å². The largest absolute Gasteiger partial charge is 0.370 e. The fraction of sp³-hybridized carbons (Fsp3) is 0.667. The first kappa shape index (κ1) is 15.1. The van der Waals surface area contributed by atoms with Gasteiger partial charge >= 0.3 is 0 Å². The van der Waals surface area contributed by atoms with Crippen molar-refractivity contribution in [1.82, 2.24) is 15.5 Å². The van der Waals surface area contributed by atoms with Crippen molar-refractivity contribution in [2.75, 3.05) is 13.1 Å². The number of nitrogens with two attached hydrogens (primary N) is 1. The zero-order chi connectivity index (χ0) is 11.1. The second-order valence-electron chi connectivity index (χ2n) is 3.18. The van der Waals surface area contributed by atoms with Crippen LogP contribution < -0.4 is 11.1 Å². The maximum atomic E-state index is 5.60. The summed E-state index contributed by atoms with van der Waals surface area (Å²) < 4.78 is 4.95. The van der Waals surface area contributed by atoms with E-state index in [2.05, 4.69) is 27.4 Å². The number of nitrogens with zero attached hydrogens (tertiary/aromatic N) is 3. The van der Waals surface area contributed by atoms with Crippen LogP contribution in [0, 0.1) is 6.92 Å². The second-order valence-corrected chi connectivity index (χ2v) is 3.18. The molecule has 1 aromatic heterocycles. The number of aryl methyl sites for hydroxylation is 1. The Bertz CT molecular complexity index is 325. The zero-order valence-electron chi connectivity index (χ0n) is 9.56. The van der Waals surface area contributed by atoms with Crippen LogP contribution >= 0.6 is 24.0 Å². The minimum Gasteiger partial charge on any atom is -0.370 e. The molecule has 0 bridgehead atoms. The van der Waals surface area contributed by atoms with E-state index in [1.54, 1.807) is 6.92 Å². The Kier molecular flexibility index (Phi) is 7.86. The Hall–Kier alpha value is -0.860. The molecule has 0 fully saturated rings. The third kappa shape index (κ3) is 5.89. The van der Waals surface area contributed by atoms with Crippen molar-refractivity contribution in [2.45, 2.75) is 26.7 Å². The number of hydrogen-bond donors (Lipinski definition) is 2. The summed E-state index contributed by atoms with van der Waals surface area (Å²) in [5.74, 6) is 1.73. The van der Waals surface area contributed by atoms with E-state index >= 15 is 0 Å². The number of rotatable bonds is 5. The van der Waals surface area contributed by atoms with Crippen LogP contribution in [0.1, 0.15) is 25.1 Å². The highest BCUT2D eigenvalue weighted by atomic mass is 127. The molecule has 1 aromatic rings. The lowest BCUT2D eigenvalue weighted by molar-refractivity contribution is 0.374. The van der Waals surface area contributed by atoms with Gasteiger partial charge in [0, 0.05) is 19.5 Å². The van der Waals surface area contributed by atoms with Gasteiger partial charge in [-0.1, -0.05) is 12.1 Å². The highest BCUT2D eigenvalue weighted by molar-refractivity contribution is 14.0. The highest BCUT2D eigenvalue weighted by Gasteiger charge is 2.01. The molecule has 92 valence electrons. The molecular weight excluding hydrogens is 321 g/mol. The molecule has 1 heterocycles.